The topological polar surface area (TPSA) is 91.8 Å². The number of nitrogens with zero attached hydrogens (tertiary/aromatic N) is 3. The molecule has 0 saturated carbocycles. The highest BCUT2D eigenvalue weighted by Gasteiger charge is 2.26. The van der Waals surface area contributed by atoms with Gasteiger partial charge in [-0.3, -0.25) is 4.72 Å². The normalized spacial score (nSPS) is 15.1. The predicted octanol–water partition coefficient (Wildman–Crippen LogP) is 3.59. The molecule has 0 aliphatic carbocycles. The monoisotopic (exact) mass is 452 g/mol. The first kappa shape index (κ1) is 22.2. The molecule has 30 heavy (non-hydrogen) atoms. The van der Waals surface area contributed by atoms with E-state index in [0.717, 1.165) is 0 Å². The van der Waals surface area contributed by atoms with E-state index in [2.05, 4.69) is 9.71 Å². The smallest absolute Gasteiger partial charge is 0.410 e. The van der Waals surface area contributed by atoms with Crippen molar-refractivity contribution in [2.24, 2.45) is 0 Å². The zero-order valence-corrected chi connectivity index (χ0v) is 18.7. The Morgan fingerprint density at radius 1 is 1.07 bits per heavy atom. The first-order valence-electron chi connectivity index (χ1n) is 9.51. The molecule has 0 unspecified atom stereocenters. The Morgan fingerprint density at radius 2 is 1.70 bits per heavy atom. The molecule has 3 rings (SSSR count). The van der Waals surface area contributed by atoms with Crippen LogP contribution >= 0.6 is 11.6 Å². The molecule has 162 valence electrons. The molecule has 1 saturated heterocycles. The second-order valence-electron chi connectivity index (χ2n) is 7.92. The highest BCUT2D eigenvalue weighted by Crippen LogP contribution is 2.21. The summed E-state index contributed by atoms with van der Waals surface area (Å²) in [6.45, 7) is 7.81. The zero-order chi connectivity index (χ0) is 21.9. The number of rotatable bonds is 4. The van der Waals surface area contributed by atoms with Gasteiger partial charge in [0, 0.05) is 31.2 Å². The maximum Gasteiger partial charge on any atom is 0.410 e. The second-order valence-corrected chi connectivity index (χ2v) is 10.0. The predicted molar refractivity (Wildman–Crippen MR) is 117 cm³/mol. The number of piperazine rings is 1. The van der Waals surface area contributed by atoms with Gasteiger partial charge in [-0.25, -0.2) is 18.2 Å². The fourth-order valence-corrected chi connectivity index (χ4v) is 4.08. The van der Waals surface area contributed by atoms with Crippen LogP contribution in [0.15, 0.2) is 47.5 Å². The number of halogens is 1. The molecule has 0 atom stereocenters. The average molecular weight is 453 g/mol. The molecule has 1 aromatic heterocycles. The van der Waals surface area contributed by atoms with Gasteiger partial charge in [-0.15, -0.1) is 0 Å². The number of aromatic nitrogens is 1. The van der Waals surface area contributed by atoms with Gasteiger partial charge in [0.1, 0.15) is 11.4 Å². The molecule has 1 aromatic carbocycles. The van der Waals surface area contributed by atoms with E-state index in [9.17, 15) is 13.2 Å². The molecular formula is C20H25ClN4O4S. The molecular weight excluding hydrogens is 428 g/mol. The number of hydrogen-bond acceptors (Lipinski definition) is 6. The summed E-state index contributed by atoms with van der Waals surface area (Å²) in [6.07, 6.45) is 1.16. The molecule has 0 radical (unpaired) electrons. The quantitative estimate of drug-likeness (QED) is 0.762. The molecule has 1 fully saturated rings. The molecule has 10 heteroatoms. The minimum Gasteiger partial charge on any atom is -0.444 e. The number of amides is 1. The van der Waals surface area contributed by atoms with Crippen LogP contribution in [0, 0.1) is 0 Å². The number of benzene rings is 1. The Labute approximate surface area is 181 Å². The van der Waals surface area contributed by atoms with Crippen molar-refractivity contribution in [3.05, 3.63) is 47.6 Å². The lowest BCUT2D eigenvalue weighted by Crippen LogP contribution is -2.50. The molecule has 2 aromatic rings. The molecule has 0 spiro atoms. The van der Waals surface area contributed by atoms with Gasteiger partial charge in [-0.2, -0.15) is 0 Å². The van der Waals surface area contributed by atoms with Crippen LogP contribution in [0.3, 0.4) is 0 Å². The van der Waals surface area contributed by atoms with Crippen molar-refractivity contribution in [2.75, 3.05) is 35.8 Å². The van der Waals surface area contributed by atoms with Crippen LogP contribution in [-0.4, -0.2) is 56.2 Å². The molecule has 1 aliphatic rings. The minimum absolute atomic E-state index is 0.120. The molecule has 1 aliphatic heterocycles. The van der Waals surface area contributed by atoms with Gasteiger partial charge in [0.15, 0.2) is 0 Å². The average Bonchev–Trinajstić information content (AvgIpc) is 2.67. The van der Waals surface area contributed by atoms with Gasteiger partial charge < -0.3 is 14.5 Å². The van der Waals surface area contributed by atoms with Crippen molar-refractivity contribution in [1.29, 1.82) is 0 Å². The van der Waals surface area contributed by atoms with E-state index in [-0.39, 0.29) is 11.0 Å². The van der Waals surface area contributed by atoms with Crippen molar-refractivity contribution in [2.45, 2.75) is 31.3 Å². The Balaban J connectivity index is 1.59. The van der Waals surface area contributed by atoms with Crippen molar-refractivity contribution >= 4 is 39.2 Å². The lowest BCUT2D eigenvalue weighted by Gasteiger charge is -2.36. The summed E-state index contributed by atoms with van der Waals surface area (Å²) in [5, 5.41) is 0.465. The van der Waals surface area contributed by atoms with Crippen molar-refractivity contribution in [3.8, 4) is 0 Å². The van der Waals surface area contributed by atoms with E-state index in [4.69, 9.17) is 16.3 Å². The fourth-order valence-electron chi connectivity index (χ4n) is 2.91. The van der Waals surface area contributed by atoms with Crippen molar-refractivity contribution < 1.29 is 17.9 Å². The van der Waals surface area contributed by atoms with Gasteiger partial charge >= 0.3 is 6.09 Å². The number of nitrogens with one attached hydrogen (secondary N) is 1. The summed E-state index contributed by atoms with van der Waals surface area (Å²) >= 11 is 5.81. The fraction of sp³-hybridized carbons (Fsp3) is 0.400. The van der Waals surface area contributed by atoms with Gasteiger partial charge in [0.05, 0.1) is 16.8 Å². The van der Waals surface area contributed by atoms with Crippen LogP contribution in [0.25, 0.3) is 0 Å². The van der Waals surface area contributed by atoms with Crippen LogP contribution in [0.4, 0.5) is 16.3 Å². The maximum atomic E-state index is 12.5. The minimum atomic E-state index is -3.72. The van der Waals surface area contributed by atoms with Crippen LogP contribution < -0.4 is 9.62 Å². The zero-order valence-electron chi connectivity index (χ0n) is 17.1. The van der Waals surface area contributed by atoms with Crippen LogP contribution in [0.2, 0.25) is 5.02 Å². The summed E-state index contributed by atoms with van der Waals surface area (Å²) in [5.74, 6) is 0.716. The highest BCUT2D eigenvalue weighted by molar-refractivity contribution is 7.92. The van der Waals surface area contributed by atoms with Crippen molar-refractivity contribution in [1.82, 2.24) is 9.88 Å². The van der Waals surface area contributed by atoms with Gasteiger partial charge in [-0.05, 0) is 57.2 Å². The first-order chi connectivity index (χ1) is 14.0. The van der Waals surface area contributed by atoms with Gasteiger partial charge in [0.25, 0.3) is 10.0 Å². The first-order valence-corrected chi connectivity index (χ1v) is 11.4. The number of ether oxygens (including phenoxy) is 1. The van der Waals surface area contributed by atoms with Gasteiger partial charge in [-0.1, -0.05) is 11.6 Å². The van der Waals surface area contributed by atoms with Crippen LogP contribution in [0.1, 0.15) is 20.8 Å². The van der Waals surface area contributed by atoms with E-state index in [1.54, 1.807) is 17.0 Å². The molecule has 2 heterocycles. The van der Waals surface area contributed by atoms with Gasteiger partial charge in [0.2, 0.25) is 0 Å². The Morgan fingerprint density at radius 3 is 2.23 bits per heavy atom. The Hall–Kier alpha value is -2.52. The maximum absolute atomic E-state index is 12.5. The number of carbonyl (C=O) groups is 1. The largest absolute Gasteiger partial charge is 0.444 e. The SMILES string of the molecule is CC(C)(C)OC(=O)N1CCN(c2ccc(NS(=O)(=O)c3ccc(Cl)cc3)cn2)CC1. The molecule has 1 N–H and O–H groups in total. The lowest BCUT2D eigenvalue weighted by molar-refractivity contribution is 0.0240. The van der Waals surface area contributed by atoms with E-state index in [0.29, 0.717) is 42.7 Å². The number of hydrogen-bond donors (Lipinski definition) is 1. The lowest BCUT2D eigenvalue weighted by atomic mass is 10.2. The van der Waals surface area contributed by atoms with E-state index in [1.165, 1.54) is 30.5 Å². The van der Waals surface area contributed by atoms with Crippen LogP contribution in [-0.2, 0) is 14.8 Å². The van der Waals surface area contributed by atoms with Crippen molar-refractivity contribution in [3.63, 3.8) is 0 Å². The third-order valence-corrected chi connectivity index (χ3v) is 6.03. The Bertz CT molecular complexity index is 981. The van der Waals surface area contributed by atoms with E-state index in [1.807, 2.05) is 25.7 Å². The number of sulfonamides is 1. The summed E-state index contributed by atoms with van der Waals surface area (Å²) < 4.78 is 32.8. The number of anilines is 2. The van der Waals surface area contributed by atoms with E-state index >= 15 is 0 Å². The number of carbonyl (C=O) groups excluding carboxylic acids is 1. The summed E-state index contributed by atoms with van der Waals surface area (Å²) in [7, 11) is -3.72. The van der Waals surface area contributed by atoms with Crippen LogP contribution in [0.5, 0.6) is 0 Å². The summed E-state index contributed by atoms with van der Waals surface area (Å²) in [4.78, 5) is 20.4. The summed E-state index contributed by atoms with van der Waals surface area (Å²) in [6, 6.07) is 9.34. The Kier molecular flexibility index (Phi) is 6.42. The third-order valence-electron chi connectivity index (χ3n) is 4.38. The molecule has 8 nitrogen and oxygen atoms in total. The highest BCUT2D eigenvalue weighted by atomic mass is 35.5. The molecule has 1 amide bonds. The summed E-state index contributed by atoms with van der Waals surface area (Å²) in [5.41, 5.74) is -0.161. The number of pyridine rings is 1. The van der Waals surface area contributed by atoms with E-state index < -0.39 is 15.6 Å². The molecule has 0 bridgehead atoms. The second kappa shape index (κ2) is 8.69. The third kappa shape index (κ3) is 5.76. The standard InChI is InChI=1S/C20H25ClN4O4S/c1-20(2,3)29-19(26)25-12-10-24(11-13-25)18-9-6-16(14-22-18)23-30(27,28)17-7-4-15(21)5-8-17/h4-9,14,23H,10-13H2,1-3H3.